The van der Waals surface area contributed by atoms with Crippen LogP contribution in [-0.2, 0) is 0 Å². The van der Waals surface area contributed by atoms with Crippen LogP contribution in [0.5, 0.6) is 5.75 Å². The Morgan fingerprint density at radius 3 is 2.75 bits per heavy atom. The number of carbonyl (C=O) groups is 1. The Bertz CT molecular complexity index is 700. The van der Waals surface area contributed by atoms with Gasteiger partial charge in [-0.05, 0) is 36.4 Å². The highest BCUT2D eigenvalue weighted by Crippen LogP contribution is 2.38. The summed E-state index contributed by atoms with van der Waals surface area (Å²) in [6.45, 7) is 0. The maximum Gasteiger partial charge on any atom is 0.170 e. The third-order valence-corrected chi connectivity index (χ3v) is 4.40. The molecule has 102 valence electrons. The lowest BCUT2D eigenvalue weighted by atomic mass is 9.96. The zero-order valence-corrected chi connectivity index (χ0v) is 13.4. The second-order valence-corrected chi connectivity index (χ2v) is 6.31. The van der Waals surface area contributed by atoms with Crippen molar-refractivity contribution in [2.45, 2.75) is 12.5 Å². The molecule has 0 spiro atoms. The normalized spacial score (nSPS) is 17.6. The lowest BCUT2D eigenvalue weighted by Gasteiger charge is -2.26. The number of hydrogen-bond donors (Lipinski definition) is 0. The number of fused-ring (bicyclic) bond motifs is 1. The van der Waals surface area contributed by atoms with Gasteiger partial charge in [-0.25, -0.2) is 4.39 Å². The highest BCUT2D eigenvalue weighted by atomic mass is 79.9. The molecule has 1 aliphatic heterocycles. The molecule has 0 saturated carbocycles. The summed E-state index contributed by atoms with van der Waals surface area (Å²) in [5, 5.41) is 0. The largest absolute Gasteiger partial charge is 0.484 e. The van der Waals surface area contributed by atoms with Crippen LogP contribution in [0.15, 0.2) is 45.3 Å². The minimum atomic E-state index is -0.471. The highest BCUT2D eigenvalue weighted by molar-refractivity contribution is 9.10. The van der Waals surface area contributed by atoms with Gasteiger partial charge in [0.1, 0.15) is 17.7 Å². The molecule has 20 heavy (non-hydrogen) atoms. The zero-order valence-electron chi connectivity index (χ0n) is 10.2. The van der Waals surface area contributed by atoms with Crippen LogP contribution in [-0.4, -0.2) is 5.78 Å². The standard InChI is InChI=1S/C15H9Br2FO2/c16-8-1-4-14-11(5-8)13(19)7-15(20-14)10-6-9(18)2-3-12(10)17/h1-6,15H,7H2. The Balaban J connectivity index is 2.01. The quantitative estimate of drug-likeness (QED) is 0.670. The number of rotatable bonds is 1. The summed E-state index contributed by atoms with van der Waals surface area (Å²) in [4.78, 5) is 12.2. The van der Waals surface area contributed by atoms with E-state index in [2.05, 4.69) is 31.9 Å². The van der Waals surface area contributed by atoms with Gasteiger partial charge in [0.15, 0.2) is 5.78 Å². The Morgan fingerprint density at radius 1 is 1.15 bits per heavy atom. The molecule has 1 heterocycles. The van der Waals surface area contributed by atoms with Crippen LogP contribution in [0.4, 0.5) is 4.39 Å². The second kappa shape index (κ2) is 5.30. The van der Waals surface area contributed by atoms with E-state index in [0.717, 1.165) is 8.95 Å². The SMILES string of the molecule is O=C1CC(c2cc(F)ccc2Br)Oc2ccc(Br)cc21. The van der Waals surface area contributed by atoms with Crippen molar-refractivity contribution >= 4 is 37.6 Å². The minimum absolute atomic E-state index is 0.00582. The topological polar surface area (TPSA) is 26.3 Å². The number of ether oxygens (including phenoxy) is 1. The van der Waals surface area contributed by atoms with E-state index in [4.69, 9.17) is 4.74 Å². The predicted molar refractivity (Wildman–Crippen MR) is 80.6 cm³/mol. The van der Waals surface area contributed by atoms with Crippen LogP contribution in [0, 0.1) is 5.82 Å². The molecule has 5 heteroatoms. The smallest absolute Gasteiger partial charge is 0.170 e. The molecule has 3 rings (SSSR count). The van der Waals surface area contributed by atoms with E-state index in [1.54, 1.807) is 18.2 Å². The molecule has 1 aliphatic rings. The van der Waals surface area contributed by atoms with Crippen molar-refractivity contribution in [1.29, 1.82) is 0 Å². The third kappa shape index (κ3) is 2.52. The summed E-state index contributed by atoms with van der Waals surface area (Å²) in [7, 11) is 0. The molecule has 0 saturated heterocycles. The van der Waals surface area contributed by atoms with Gasteiger partial charge < -0.3 is 4.74 Å². The second-order valence-electron chi connectivity index (χ2n) is 4.54. The first-order valence-electron chi connectivity index (χ1n) is 5.99. The van der Waals surface area contributed by atoms with Crippen LogP contribution in [0.2, 0.25) is 0 Å². The van der Waals surface area contributed by atoms with Gasteiger partial charge in [-0.1, -0.05) is 31.9 Å². The van der Waals surface area contributed by atoms with Crippen molar-refractivity contribution < 1.29 is 13.9 Å². The molecule has 2 aromatic rings. The van der Waals surface area contributed by atoms with Crippen molar-refractivity contribution in [3.63, 3.8) is 0 Å². The average molecular weight is 400 g/mol. The average Bonchev–Trinajstić information content (AvgIpc) is 2.42. The zero-order chi connectivity index (χ0) is 14.3. The van der Waals surface area contributed by atoms with Crippen LogP contribution >= 0.6 is 31.9 Å². The summed E-state index contributed by atoms with van der Waals surface area (Å²) >= 11 is 6.71. The van der Waals surface area contributed by atoms with Crippen LogP contribution in [0.25, 0.3) is 0 Å². The molecular weight excluding hydrogens is 391 g/mol. The van der Waals surface area contributed by atoms with Crippen molar-refractivity contribution in [1.82, 2.24) is 0 Å². The summed E-state index contributed by atoms with van der Waals surface area (Å²) in [6.07, 6.45) is -0.271. The van der Waals surface area contributed by atoms with Crippen molar-refractivity contribution in [2.24, 2.45) is 0 Å². The maximum atomic E-state index is 13.4. The molecule has 0 N–H and O–H groups in total. The van der Waals surface area contributed by atoms with E-state index in [9.17, 15) is 9.18 Å². The Labute approximate surface area is 132 Å². The van der Waals surface area contributed by atoms with Crippen molar-refractivity contribution in [3.05, 3.63) is 62.3 Å². The van der Waals surface area contributed by atoms with E-state index in [1.807, 2.05) is 6.07 Å². The molecule has 2 aromatic carbocycles. The van der Waals surface area contributed by atoms with Crippen LogP contribution in [0.3, 0.4) is 0 Å². The van der Waals surface area contributed by atoms with Gasteiger partial charge in [0, 0.05) is 14.5 Å². The van der Waals surface area contributed by atoms with Gasteiger partial charge in [0.05, 0.1) is 12.0 Å². The van der Waals surface area contributed by atoms with E-state index < -0.39 is 6.10 Å². The molecule has 0 aromatic heterocycles. The summed E-state index contributed by atoms with van der Waals surface area (Å²) in [6, 6.07) is 9.69. The first kappa shape index (κ1) is 13.8. The van der Waals surface area contributed by atoms with Gasteiger partial charge >= 0.3 is 0 Å². The molecule has 0 bridgehead atoms. The minimum Gasteiger partial charge on any atom is -0.484 e. The predicted octanol–water partition coefficient (Wildman–Crippen LogP) is 5.06. The number of carbonyl (C=O) groups excluding carboxylic acids is 1. The van der Waals surface area contributed by atoms with E-state index >= 15 is 0 Å². The number of hydrogen-bond acceptors (Lipinski definition) is 2. The van der Waals surface area contributed by atoms with Gasteiger partial charge in [0.2, 0.25) is 0 Å². The number of halogens is 3. The van der Waals surface area contributed by atoms with E-state index in [1.165, 1.54) is 12.1 Å². The van der Waals surface area contributed by atoms with E-state index in [0.29, 0.717) is 16.9 Å². The molecule has 0 fully saturated rings. The fourth-order valence-corrected chi connectivity index (χ4v) is 3.09. The molecule has 1 unspecified atom stereocenters. The monoisotopic (exact) mass is 398 g/mol. The maximum absolute atomic E-state index is 13.4. The van der Waals surface area contributed by atoms with Gasteiger partial charge in [-0.2, -0.15) is 0 Å². The summed E-state index contributed by atoms with van der Waals surface area (Å²) < 4.78 is 20.8. The fraction of sp³-hybridized carbons (Fsp3) is 0.133. The van der Waals surface area contributed by atoms with Gasteiger partial charge in [0.25, 0.3) is 0 Å². The third-order valence-electron chi connectivity index (χ3n) is 3.19. The van der Waals surface area contributed by atoms with Gasteiger partial charge in [-0.3, -0.25) is 4.79 Å². The highest BCUT2D eigenvalue weighted by Gasteiger charge is 2.29. The van der Waals surface area contributed by atoms with Crippen molar-refractivity contribution in [3.8, 4) is 5.75 Å². The molecule has 0 amide bonds. The summed E-state index contributed by atoms with van der Waals surface area (Å²) in [5.74, 6) is 0.181. The molecule has 0 aliphatic carbocycles. The molecular formula is C15H9Br2FO2. The Morgan fingerprint density at radius 2 is 1.95 bits per heavy atom. The Kier molecular flexibility index (Phi) is 3.65. The Hall–Kier alpha value is -1.20. The first-order valence-corrected chi connectivity index (χ1v) is 7.57. The van der Waals surface area contributed by atoms with Crippen molar-refractivity contribution in [2.75, 3.05) is 0 Å². The number of benzene rings is 2. The summed E-state index contributed by atoms with van der Waals surface area (Å²) in [5.41, 5.74) is 1.20. The van der Waals surface area contributed by atoms with E-state index in [-0.39, 0.29) is 18.0 Å². The van der Waals surface area contributed by atoms with Gasteiger partial charge in [-0.15, -0.1) is 0 Å². The lowest BCUT2D eigenvalue weighted by molar-refractivity contribution is 0.0848. The molecule has 0 radical (unpaired) electrons. The molecule has 2 nitrogen and oxygen atoms in total. The number of ketones is 1. The van der Waals surface area contributed by atoms with Crippen LogP contribution in [0.1, 0.15) is 28.4 Å². The number of Topliss-reactive ketones (excluding diaryl/α,β-unsaturated/α-hetero) is 1. The molecule has 1 atom stereocenters. The first-order chi connectivity index (χ1) is 9.54. The van der Waals surface area contributed by atoms with Crippen LogP contribution < -0.4 is 4.74 Å². The lowest BCUT2D eigenvalue weighted by Crippen LogP contribution is -2.20. The fourth-order valence-electron chi connectivity index (χ4n) is 2.23.